The van der Waals surface area contributed by atoms with Crippen LogP contribution in [0.1, 0.15) is 32.1 Å². The molecule has 2 aromatic rings. The quantitative estimate of drug-likeness (QED) is 0.885. The van der Waals surface area contributed by atoms with Crippen molar-refractivity contribution in [2.75, 3.05) is 6.54 Å². The third-order valence-electron chi connectivity index (χ3n) is 2.85. The van der Waals surface area contributed by atoms with Crippen LogP contribution in [0.4, 0.5) is 4.39 Å². The van der Waals surface area contributed by atoms with E-state index in [2.05, 4.69) is 23.4 Å². The van der Waals surface area contributed by atoms with Gasteiger partial charge in [-0.1, -0.05) is 0 Å². The molecule has 0 aliphatic rings. The van der Waals surface area contributed by atoms with Gasteiger partial charge in [0.05, 0.1) is 11.0 Å². The normalized spacial score (nSPS) is 11.6. The molecule has 4 heteroatoms. The van der Waals surface area contributed by atoms with Gasteiger partial charge in [0, 0.05) is 12.5 Å². The number of imidazole rings is 1. The number of aryl methyl sites for hydroxylation is 1. The summed E-state index contributed by atoms with van der Waals surface area (Å²) in [5, 5.41) is 0. The van der Waals surface area contributed by atoms with Gasteiger partial charge in [-0.3, -0.25) is 0 Å². The maximum absolute atomic E-state index is 13.3. The van der Waals surface area contributed by atoms with Crippen molar-refractivity contribution < 1.29 is 4.39 Å². The molecule has 0 amide bonds. The number of halogens is 1. The topological polar surface area (TPSA) is 43.8 Å². The zero-order valence-electron chi connectivity index (χ0n) is 10.3. The summed E-state index contributed by atoms with van der Waals surface area (Å²) in [5.74, 6) is 0.774. The molecule has 1 aromatic carbocycles. The first-order chi connectivity index (χ1) is 8.13. The molecule has 0 atom stereocenters. The maximum Gasteiger partial charge on any atom is 0.125 e. The number of hydrogen-bond donors (Lipinski definition) is 1. The average molecular weight is 235 g/mol. The minimum Gasteiger partial charge on any atom is -0.330 e. The molecule has 0 saturated carbocycles. The maximum atomic E-state index is 13.3. The molecule has 3 nitrogen and oxygen atoms in total. The van der Waals surface area contributed by atoms with E-state index in [0.717, 1.165) is 29.7 Å². The van der Waals surface area contributed by atoms with Gasteiger partial charge < -0.3 is 10.3 Å². The van der Waals surface area contributed by atoms with Gasteiger partial charge in [0.1, 0.15) is 11.6 Å². The zero-order valence-corrected chi connectivity index (χ0v) is 10.3. The third kappa shape index (κ3) is 2.31. The lowest BCUT2D eigenvalue weighted by molar-refractivity contribution is 0.574. The monoisotopic (exact) mass is 235 g/mol. The molecule has 2 N–H and O–H groups in total. The van der Waals surface area contributed by atoms with E-state index in [0.29, 0.717) is 6.54 Å². The summed E-state index contributed by atoms with van der Waals surface area (Å²) < 4.78 is 15.4. The summed E-state index contributed by atoms with van der Waals surface area (Å²) in [7, 11) is 0. The molecule has 2 rings (SSSR count). The first kappa shape index (κ1) is 12.0. The Morgan fingerprint density at radius 3 is 2.82 bits per heavy atom. The highest BCUT2D eigenvalue weighted by molar-refractivity contribution is 5.76. The first-order valence-electron chi connectivity index (χ1n) is 6.00. The van der Waals surface area contributed by atoms with Crippen LogP contribution in [0.15, 0.2) is 18.2 Å². The second kappa shape index (κ2) is 4.84. The van der Waals surface area contributed by atoms with E-state index in [9.17, 15) is 4.39 Å². The van der Waals surface area contributed by atoms with Gasteiger partial charge in [0.2, 0.25) is 0 Å². The van der Waals surface area contributed by atoms with Gasteiger partial charge in [-0.05, 0) is 45.0 Å². The van der Waals surface area contributed by atoms with Gasteiger partial charge in [0.15, 0.2) is 0 Å². The molecule has 0 aliphatic carbocycles. The van der Waals surface area contributed by atoms with Crippen LogP contribution in [0.2, 0.25) is 0 Å². The molecule has 0 unspecified atom stereocenters. The van der Waals surface area contributed by atoms with Crippen molar-refractivity contribution in [1.82, 2.24) is 9.55 Å². The van der Waals surface area contributed by atoms with E-state index in [-0.39, 0.29) is 11.9 Å². The van der Waals surface area contributed by atoms with Crippen LogP contribution in [0.25, 0.3) is 11.0 Å². The highest BCUT2D eigenvalue weighted by Gasteiger charge is 2.13. The number of benzene rings is 1. The Labute approximate surface area is 100 Å². The molecule has 92 valence electrons. The minimum atomic E-state index is -0.218. The Balaban J connectivity index is 2.54. The molecular weight excluding hydrogens is 217 g/mol. The Bertz CT molecular complexity index is 517. The smallest absolute Gasteiger partial charge is 0.125 e. The van der Waals surface area contributed by atoms with Gasteiger partial charge >= 0.3 is 0 Å². The molecule has 0 aliphatic heterocycles. The van der Waals surface area contributed by atoms with Crippen molar-refractivity contribution in [3.8, 4) is 0 Å². The van der Waals surface area contributed by atoms with Crippen LogP contribution in [-0.2, 0) is 6.42 Å². The van der Waals surface area contributed by atoms with E-state index < -0.39 is 0 Å². The fourth-order valence-electron chi connectivity index (χ4n) is 2.13. The van der Waals surface area contributed by atoms with E-state index in [1.807, 2.05) is 0 Å². The lowest BCUT2D eigenvalue weighted by Crippen LogP contribution is -2.09. The standard InChI is InChI=1S/C13H18FN3/c1-9(2)17-12-8-10(14)5-6-11(12)16-13(17)4-3-7-15/h5-6,8-9H,3-4,7,15H2,1-2H3. The second-order valence-electron chi connectivity index (χ2n) is 4.52. The SMILES string of the molecule is CC(C)n1c(CCCN)nc2ccc(F)cc21. The predicted octanol–water partition coefficient (Wildman–Crippen LogP) is 2.65. The van der Waals surface area contributed by atoms with Crippen molar-refractivity contribution >= 4 is 11.0 Å². The fraction of sp³-hybridized carbons (Fsp3) is 0.462. The summed E-state index contributed by atoms with van der Waals surface area (Å²) >= 11 is 0. The van der Waals surface area contributed by atoms with Gasteiger partial charge in [-0.15, -0.1) is 0 Å². The minimum absolute atomic E-state index is 0.218. The van der Waals surface area contributed by atoms with E-state index in [4.69, 9.17) is 5.73 Å². The number of hydrogen-bond acceptors (Lipinski definition) is 2. The summed E-state index contributed by atoms with van der Waals surface area (Å²) in [6, 6.07) is 5.01. The molecule has 17 heavy (non-hydrogen) atoms. The van der Waals surface area contributed by atoms with E-state index in [1.54, 1.807) is 12.1 Å². The van der Waals surface area contributed by atoms with Gasteiger partial charge in [-0.2, -0.15) is 0 Å². The van der Waals surface area contributed by atoms with Crippen LogP contribution in [0.3, 0.4) is 0 Å². The van der Waals surface area contributed by atoms with E-state index in [1.165, 1.54) is 6.07 Å². The van der Waals surface area contributed by atoms with Gasteiger partial charge in [-0.25, -0.2) is 9.37 Å². The van der Waals surface area contributed by atoms with Crippen LogP contribution in [-0.4, -0.2) is 16.1 Å². The lowest BCUT2D eigenvalue weighted by Gasteiger charge is -2.12. The molecule has 1 heterocycles. The van der Waals surface area contributed by atoms with Crippen LogP contribution in [0, 0.1) is 5.82 Å². The molecular formula is C13H18FN3. The molecule has 1 aromatic heterocycles. The van der Waals surface area contributed by atoms with Crippen molar-refractivity contribution in [2.45, 2.75) is 32.7 Å². The summed E-state index contributed by atoms with van der Waals surface area (Å²) in [6.45, 7) is 4.81. The van der Waals surface area contributed by atoms with Crippen LogP contribution >= 0.6 is 0 Å². The van der Waals surface area contributed by atoms with Crippen LogP contribution in [0.5, 0.6) is 0 Å². The molecule has 0 saturated heterocycles. The molecule has 0 bridgehead atoms. The van der Waals surface area contributed by atoms with E-state index >= 15 is 0 Å². The number of nitrogens with two attached hydrogens (primary N) is 1. The van der Waals surface area contributed by atoms with Crippen molar-refractivity contribution in [2.24, 2.45) is 5.73 Å². The third-order valence-corrected chi connectivity index (χ3v) is 2.85. The summed E-state index contributed by atoms with van der Waals surface area (Å²) in [6.07, 6.45) is 1.74. The van der Waals surface area contributed by atoms with Gasteiger partial charge in [0.25, 0.3) is 0 Å². The van der Waals surface area contributed by atoms with Crippen LogP contribution < -0.4 is 5.73 Å². The van der Waals surface area contributed by atoms with Crippen molar-refractivity contribution in [1.29, 1.82) is 0 Å². The number of nitrogens with zero attached hydrogens (tertiary/aromatic N) is 2. The second-order valence-corrected chi connectivity index (χ2v) is 4.52. The molecule has 0 radical (unpaired) electrons. The predicted molar refractivity (Wildman–Crippen MR) is 67.5 cm³/mol. The molecule has 0 fully saturated rings. The molecule has 0 spiro atoms. The zero-order chi connectivity index (χ0) is 12.4. The number of aromatic nitrogens is 2. The van der Waals surface area contributed by atoms with Crippen molar-refractivity contribution in [3.63, 3.8) is 0 Å². The number of fused-ring (bicyclic) bond motifs is 1. The Kier molecular flexibility index (Phi) is 3.43. The first-order valence-corrected chi connectivity index (χ1v) is 6.00. The summed E-state index contributed by atoms with van der Waals surface area (Å²) in [4.78, 5) is 4.55. The van der Waals surface area contributed by atoms with Crippen molar-refractivity contribution in [3.05, 3.63) is 29.8 Å². The lowest BCUT2D eigenvalue weighted by atomic mass is 10.2. The Hall–Kier alpha value is -1.42. The highest BCUT2D eigenvalue weighted by atomic mass is 19.1. The average Bonchev–Trinajstić information content (AvgIpc) is 2.63. The highest BCUT2D eigenvalue weighted by Crippen LogP contribution is 2.22. The number of rotatable bonds is 4. The summed E-state index contributed by atoms with van der Waals surface area (Å²) in [5.41, 5.74) is 7.25. The Morgan fingerprint density at radius 2 is 2.18 bits per heavy atom. The fourth-order valence-corrected chi connectivity index (χ4v) is 2.13. The Morgan fingerprint density at radius 1 is 1.41 bits per heavy atom. The largest absolute Gasteiger partial charge is 0.330 e.